The number of carbonyl (C=O) groups excluding carboxylic acids is 3. The number of halogens is 1. The molecule has 0 aliphatic carbocycles. The van der Waals surface area contributed by atoms with Gasteiger partial charge in [0.15, 0.2) is 17.2 Å². The number of hydrogen-bond acceptors (Lipinski definition) is 8. The number of alkyl halides is 1. The molecule has 5 rings (SSSR count). The molecule has 0 radical (unpaired) electrons. The van der Waals surface area contributed by atoms with Crippen molar-refractivity contribution in [2.45, 2.75) is 19.8 Å². The van der Waals surface area contributed by atoms with Crippen LogP contribution in [0.4, 0.5) is 5.69 Å². The second-order valence-electron chi connectivity index (χ2n) is 9.74. The quantitative estimate of drug-likeness (QED) is 0.116. The molecule has 0 bridgehead atoms. The minimum atomic E-state index is -0.529. The molecular formula is C30H30BrN3O8. The number of benzene rings is 2. The first-order valence-corrected chi connectivity index (χ1v) is 14.1. The van der Waals surface area contributed by atoms with Crippen LogP contribution in [0, 0.1) is 6.92 Å². The van der Waals surface area contributed by atoms with E-state index in [-0.39, 0.29) is 17.6 Å². The number of carbonyl (C=O) groups is 3. The lowest BCUT2D eigenvalue weighted by molar-refractivity contribution is -0.131. The molecule has 2 aromatic heterocycles. The molecular weight excluding hydrogens is 610 g/mol. The predicted molar refractivity (Wildman–Crippen MR) is 162 cm³/mol. The highest BCUT2D eigenvalue weighted by Crippen LogP contribution is 2.48. The van der Waals surface area contributed by atoms with E-state index < -0.39 is 11.9 Å². The summed E-state index contributed by atoms with van der Waals surface area (Å²) in [4.78, 5) is 46.5. The zero-order chi connectivity index (χ0) is 30.3. The van der Waals surface area contributed by atoms with E-state index in [1.54, 1.807) is 38.2 Å². The van der Waals surface area contributed by atoms with Gasteiger partial charge >= 0.3 is 11.9 Å². The van der Waals surface area contributed by atoms with Crippen molar-refractivity contribution < 1.29 is 38.1 Å². The SMILES string of the molecule is COC(=O)c1c(C)[nH]c2c(OC(C)=O)cc3c(c12)C(CBr)CN3C(=O)/C=C/c1cc2cc(OC)c(OC)c(OC)c2[nH]1. The molecule has 11 nitrogen and oxygen atoms in total. The highest BCUT2D eigenvalue weighted by atomic mass is 79.9. The topological polar surface area (TPSA) is 132 Å². The molecule has 1 atom stereocenters. The standard InChI is InChI=1S/C30H30BrN3O8/c1-14-23(30(37)41-6)25-24-17(12-31)13-34(19(24)11-20(27(25)32-14)42-15(2)35)22(36)8-7-18-9-16-10-21(38-3)28(39-4)29(40-5)26(16)33-18/h7-11,17,32-33H,12-13H2,1-6H3/b8-7+. The van der Waals surface area contributed by atoms with Crippen molar-refractivity contribution in [1.82, 2.24) is 9.97 Å². The van der Waals surface area contributed by atoms with E-state index in [0.717, 1.165) is 10.9 Å². The van der Waals surface area contributed by atoms with E-state index in [0.29, 0.717) is 68.2 Å². The number of H-pyrrole nitrogens is 2. The first-order chi connectivity index (χ1) is 20.2. The van der Waals surface area contributed by atoms with Gasteiger partial charge in [0.25, 0.3) is 5.91 Å². The van der Waals surface area contributed by atoms with Crippen molar-refractivity contribution in [2.75, 3.05) is 45.2 Å². The van der Waals surface area contributed by atoms with Crippen LogP contribution in [0.15, 0.2) is 24.3 Å². The number of fused-ring (bicyclic) bond motifs is 4. The Bertz CT molecular complexity index is 1770. The van der Waals surface area contributed by atoms with Crippen molar-refractivity contribution >= 4 is 67.3 Å². The Kier molecular flexibility index (Phi) is 7.91. The zero-order valence-corrected chi connectivity index (χ0v) is 25.6. The van der Waals surface area contributed by atoms with E-state index in [9.17, 15) is 14.4 Å². The summed E-state index contributed by atoms with van der Waals surface area (Å²) in [7, 11) is 5.94. The fourth-order valence-electron chi connectivity index (χ4n) is 5.56. The van der Waals surface area contributed by atoms with E-state index in [1.807, 2.05) is 12.1 Å². The summed E-state index contributed by atoms with van der Waals surface area (Å²) >= 11 is 3.58. The first kappa shape index (κ1) is 29.1. The zero-order valence-electron chi connectivity index (χ0n) is 24.0. The molecule has 1 unspecified atom stereocenters. The largest absolute Gasteiger partial charge is 0.493 e. The molecule has 2 aromatic carbocycles. The summed E-state index contributed by atoms with van der Waals surface area (Å²) in [6, 6.07) is 5.36. The van der Waals surface area contributed by atoms with Crippen LogP contribution in [0.1, 0.15) is 40.2 Å². The number of aromatic nitrogens is 2. The summed E-state index contributed by atoms with van der Waals surface area (Å²) in [5, 5.41) is 1.92. The summed E-state index contributed by atoms with van der Waals surface area (Å²) in [6.45, 7) is 3.39. The molecule has 42 heavy (non-hydrogen) atoms. The van der Waals surface area contributed by atoms with Gasteiger partial charge in [0.05, 0.1) is 50.7 Å². The summed E-state index contributed by atoms with van der Waals surface area (Å²) in [6.07, 6.45) is 3.14. The van der Waals surface area contributed by atoms with Crippen molar-refractivity contribution in [2.24, 2.45) is 0 Å². The molecule has 2 N–H and O–H groups in total. The predicted octanol–water partition coefficient (Wildman–Crippen LogP) is 5.23. The third-order valence-corrected chi connectivity index (χ3v) is 8.07. The Morgan fingerprint density at radius 3 is 2.36 bits per heavy atom. The molecule has 0 fully saturated rings. The number of rotatable bonds is 8. The first-order valence-electron chi connectivity index (χ1n) is 13.0. The summed E-state index contributed by atoms with van der Waals surface area (Å²) in [5.41, 5.74) is 4.10. The number of anilines is 1. The Hall–Kier alpha value is -4.45. The molecule has 1 aliphatic rings. The second kappa shape index (κ2) is 11.4. The highest BCUT2D eigenvalue weighted by molar-refractivity contribution is 9.09. The fourth-order valence-corrected chi connectivity index (χ4v) is 6.09. The molecule has 0 saturated carbocycles. The number of ether oxygens (including phenoxy) is 5. The molecule has 1 aliphatic heterocycles. The molecule has 0 spiro atoms. The van der Waals surface area contributed by atoms with Crippen LogP contribution < -0.4 is 23.8 Å². The average molecular weight is 640 g/mol. The van der Waals surface area contributed by atoms with Gasteiger partial charge < -0.3 is 38.6 Å². The Morgan fingerprint density at radius 1 is 1.00 bits per heavy atom. The number of nitrogens with one attached hydrogen (secondary N) is 2. The van der Waals surface area contributed by atoms with Crippen molar-refractivity contribution in [1.29, 1.82) is 0 Å². The van der Waals surface area contributed by atoms with Crippen LogP contribution in [-0.4, -0.2) is 68.1 Å². The number of amides is 1. The van der Waals surface area contributed by atoms with Crippen LogP contribution in [0.2, 0.25) is 0 Å². The molecule has 4 aromatic rings. The minimum Gasteiger partial charge on any atom is -0.493 e. The van der Waals surface area contributed by atoms with Crippen molar-refractivity contribution in [3.05, 3.63) is 46.8 Å². The van der Waals surface area contributed by atoms with Gasteiger partial charge in [-0.05, 0) is 30.7 Å². The minimum absolute atomic E-state index is 0.137. The van der Waals surface area contributed by atoms with Crippen LogP contribution >= 0.6 is 15.9 Å². The maximum Gasteiger partial charge on any atom is 0.340 e. The molecule has 220 valence electrons. The van der Waals surface area contributed by atoms with E-state index >= 15 is 0 Å². The normalized spacial score (nSPS) is 14.5. The maximum atomic E-state index is 13.7. The van der Waals surface area contributed by atoms with Crippen LogP contribution in [-0.2, 0) is 14.3 Å². The molecule has 0 saturated heterocycles. The van der Waals surface area contributed by atoms with Crippen LogP contribution in [0.5, 0.6) is 23.0 Å². The lowest BCUT2D eigenvalue weighted by Gasteiger charge is -2.17. The number of aryl methyl sites for hydroxylation is 1. The number of methoxy groups -OCH3 is 4. The maximum absolute atomic E-state index is 13.7. The number of nitrogens with zero attached hydrogens (tertiary/aromatic N) is 1. The number of aromatic amines is 2. The Morgan fingerprint density at radius 2 is 1.74 bits per heavy atom. The van der Waals surface area contributed by atoms with Gasteiger partial charge in [-0.3, -0.25) is 9.59 Å². The third-order valence-electron chi connectivity index (χ3n) is 7.29. The lowest BCUT2D eigenvalue weighted by atomic mass is 9.95. The monoisotopic (exact) mass is 639 g/mol. The van der Waals surface area contributed by atoms with Gasteiger partial charge in [-0.15, -0.1) is 0 Å². The van der Waals surface area contributed by atoms with Crippen molar-refractivity contribution in [3.8, 4) is 23.0 Å². The van der Waals surface area contributed by atoms with Crippen LogP contribution in [0.25, 0.3) is 27.9 Å². The van der Waals surface area contributed by atoms with Gasteiger partial charge in [0, 0.05) is 59.0 Å². The Balaban J connectivity index is 1.59. The summed E-state index contributed by atoms with van der Waals surface area (Å²) < 4.78 is 27.1. The molecule has 3 heterocycles. The van der Waals surface area contributed by atoms with E-state index in [1.165, 1.54) is 27.2 Å². The van der Waals surface area contributed by atoms with Gasteiger partial charge in [0.1, 0.15) is 0 Å². The van der Waals surface area contributed by atoms with Gasteiger partial charge in [-0.2, -0.15) is 0 Å². The summed E-state index contributed by atoms with van der Waals surface area (Å²) in [5.74, 6) is 0.191. The number of hydrogen-bond donors (Lipinski definition) is 2. The smallest absolute Gasteiger partial charge is 0.340 e. The van der Waals surface area contributed by atoms with Crippen molar-refractivity contribution in [3.63, 3.8) is 0 Å². The van der Waals surface area contributed by atoms with Crippen LogP contribution in [0.3, 0.4) is 0 Å². The van der Waals surface area contributed by atoms with Gasteiger partial charge in [-0.25, -0.2) is 4.79 Å². The average Bonchev–Trinajstić information content (AvgIpc) is 3.66. The Labute approximate surface area is 249 Å². The second-order valence-corrected chi connectivity index (χ2v) is 10.4. The molecule has 1 amide bonds. The van der Waals surface area contributed by atoms with Gasteiger partial charge in [-0.1, -0.05) is 15.9 Å². The fraction of sp³-hybridized carbons (Fsp3) is 0.300. The third kappa shape index (κ3) is 4.75. The lowest BCUT2D eigenvalue weighted by Crippen LogP contribution is -2.28. The van der Waals surface area contributed by atoms with E-state index in [4.69, 9.17) is 23.7 Å². The molecule has 12 heteroatoms. The number of esters is 2. The highest BCUT2D eigenvalue weighted by Gasteiger charge is 2.37. The van der Waals surface area contributed by atoms with Gasteiger partial charge in [0.2, 0.25) is 5.75 Å². The van der Waals surface area contributed by atoms with E-state index in [2.05, 4.69) is 25.9 Å².